The van der Waals surface area contributed by atoms with Crippen molar-refractivity contribution in [3.05, 3.63) is 29.3 Å². The first-order chi connectivity index (χ1) is 8.92. The van der Waals surface area contributed by atoms with Crippen LogP contribution in [0.3, 0.4) is 0 Å². The summed E-state index contributed by atoms with van der Waals surface area (Å²) in [6.45, 7) is 12.2. The van der Waals surface area contributed by atoms with Crippen molar-refractivity contribution in [2.45, 2.75) is 59.3 Å². The maximum atomic E-state index is 11.6. The van der Waals surface area contributed by atoms with Crippen LogP contribution in [0.15, 0.2) is 18.2 Å². The molecule has 3 nitrogen and oxygen atoms in total. The number of hydrogen-bond acceptors (Lipinski definition) is 2. The van der Waals surface area contributed by atoms with Gasteiger partial charge in [-0.3, -0.25) is 4.79 Å². The lowest BCUT2D eigenvalue weighted by Crippen LogP contribution is -2.20. The first kappa shape index (κ1) is 16.5. The number of aliphatic carboxylic acids is 1. The van der Waals surface area contributed by atoms with E-state index >= 15 is 0 Å². The molecule has 0 saturated carbocycles. The van der Waals surface area contributed by atoms with Crippen molar-refractivity contribution < 1.29 is 15.0 Å². The number of hydrogen-bond donors (Lipinski definition) is 2. The van der Waals surface area contributed by atoms with Crippen LogP contribution in [0, 0.1) is 5.41 Å². The van der Waals surface area contributed by atoms with Gasteiger partial charge < -0.3 is 10.2 Å². The van der Waals surface area contributed by atoms with E-state index in [1.54, 1.807) is 6.07 Å². The molecule has 0 aromatic heterocycles. The van der Waals surface area contributed by atoms with E-state index in [0.29, 0.717) is 12.0 Å². The first-order valence-electron chi connectivity index (χ1n) is 6.98. The highest BCUT2D eigenvalue weighted by Crippen LogP contribution is 2.37. The Morgan fingerprint density at radius 3 is 2.10 bits per heavy atom. The average Bonchev–Trinajstić information content (AvgIpc) is 2.23. The molecule has 0 heterocycles. The summed E-state index contributed by atoms with van der Waals surface area (Å²) in [5.74, 6) is -1.51. The predicted octanol–water partition coefficient (Wildman–Crippen LogP) is 4.29. The fourth-order valence-corrected chi connectivity index (χ4v) is 2.24. The van der Waals surface area contributed by atoms with Gasteiger partial charge in [0.1, 0.15) is 5.75 Å². The SMILES string of the molecule is CC(C)(C)CC(C(=O)O)c1cc(C(C)(C)C)ccc1O. The summed E-state index contributed by atoms with van der Waals surface area (Å²) in [7, 11) is 0. The first-order valence-corrected chi connectivity index (χ1v) is 6.98. The largest absolute Gasteiger partial charge is 0.508 e. The standard InChI is InChI=1S/C17H26O3/c1-16(2,3)10-13(15(19)20)12-9-11(17(4,5)6)7-8-14(12)18/h7-9,13,18H,10H2,1-6H3,(H,19,20). The molecule has 3 heteroatoms. The molecule has 1 aromatic carbocycles. The summed E-state index contributed by atoms with van der Waals surface area (Å²) in [6, 6.07) is 5.29. The average molecular weight is 278 g/mol. The number of carboxylic acids is 1. The second-order valence-corrected chi connectivity index (χ2v) is 7.68. The van der Waals surface area contributed by atoms with Crippen LogP contribution in [-0.2, 0) is 10.2 Å². The number of phenolic OH excluding ortho intramolecular Hbond substituents is 1. The zero-order valence-electron chi connectivity index (χ0n) is 13.3. The molecule has 0 fully saturated rings. The van der Waals surface area contributed by atoms with Crippen LogP contribution in [-0.4, -0.2) is 16.2 Å². The van der Waals surface area contributed by atoms with Gasteiger partial charge in [0.25, 0.3) is 0 Å². The molecule has 1 aromatic rings. The van der Waals surface area contributed by atoms with Gasteiger partial charge in [0.15, 0.2) is 0 Å². The number of aromatic hydroxyl groups is 1. The molecule has 0 spiro atoms. The minimum absolute atomic E-state index is 0.0645. The summed E-state index contributed by atoms with van der Waals surface area (Å²) in [5.41, 5.74) is 1.35. The van der Waals surface area contributed by atoms with Gasteiger partial charge in [0.2, 0.25) is 0 Å². The van der Waals surface area contributed by atoms with Crippen LogP contribution in [0.5, 0.6) is 5.75 Å². The third-order valence-electron chi connectivity index (χ3n) is 3.38. The van der Waals surface area contributed by atoms with E-state index in [1.165, 1.54) is 0 Å². The van der Waals surface area contributed by atoms with Crippen LogP contribution in [0.1, 0.15) is 65.0 Å². The highest BCUT2D eigenvalue weighted by atomic mass is 16.4. The fraction of sp³-hybridized carbons (Fsp3) is 0.588. The molecule has 0 bridgehead atoms. The number of phenols is 1. The highest BCUT2D eigenvalue weighted by molar-refractivity contribution is 5.77. The lowest BCUT2D eigenvalue weighted by Gasteiger charge is -2.26. The Morgan fingerprint density at radius 1 is 1.15 bits per heavy atom. The highest BCUT2D eigenvalue weighted by Gasteiger charge is 2.29. The van der Waals surface area contributed by atoms with E-state index in [1.807, 2.05) is 32.9 Å². The van der Waals surface area contributed by atoms with E-state index in [9.17, 15) is 15.0 Å². The lowest BCUT2D eigenvalue weighted by molar-refractivity contribution is -0.139. The molecule has 0 aliphatic heterocycles. The summed E-state index contributed by atoms with van der Waals surface area (Å²) < 4.78 is 0. The Hall–Kier alpha value is -1.51. The van der Waals surface area contributed by atoms with Crippen molar-refractivity contribution in [2.24, 2.45) is 5.41 Å². The predicted molar refractivity (Wildman–Crippen MR) is 81.3 cm³/mol. The third kappa shape index (κ3) is 4.26. The summed E-state index contributed by atoms with van der Waals surface area (Å²) in [6.07, 6.45) is 0.490. The van der Waals surface area contributed by atoms with E-state index in [-0.39, 0.29) is 16.6 Å². The van der Waals surface area contributed by atoms with Gasteiger partial charge in [0, 0.05) is 5.56 Å². The molecule has 20 heavy (non-hydrogen) atoms. The zero-order valence-corrected chi connectivity index (χ0v) is 13.3. The van der Waals surface area contributed by atoms with Gasteiger partial charge in [-0.2, -0.15) is 0 Å². The Balaban J connectivity index is 3.30. The molecule has 0 aliphatic rings. The third-order valence-corrected chi connectivity index (χ3v) is 3.38. The Morgan fingerprint density at radius 2 is 1.70 bits per heavy atom. The molecule has 112 valence electrons. The number of benzene rings is 1. The Labute approximate surface area is 121 Å². The van der Waals surface area contributed by atoms with Gasteiger partial charge in [-0.15, -0.1) is 0 Å². The van der Waals surface area contributed by atoms with E-state index < -0.39 is 11.9 Å². The molecule has 0 radical (unpaired) electrons. The number of rotatable bonds is 3. The van der Waals surface area contributed by atoms with Gasteiger partial charge in [-0.1, -0.05) is 53.7 Å². The van der Waals surface area contributed by atoms with Gasteiger partial charge >= 0.3 is 5.97 Å². The normalized spacial score (nSPS) is 14.1. The zero-order chi connectivity index (χ0) is 15.7. The maximum Gasteiger partial charge on any atom is 0.311 e. The van der Waals surface area contributed by atoms with Gasteiger partial charge in [-0.05, 0) is 28.9 Å². The molecule has 1 rings (SSSR count). The molecule has 1 unspecified atom stereocenters. The molecule has 2 N–H and O–H groups in total. The quantitative estimate of drug-likeness (QED) is 0.867. The molecule has 0 aliphatic carbocycles. The summed E-state index contributed by atoms with van der Waals surface area (Å²) in [5, 5.41) is 19.6. The number of carboxylic acid groups (broad SMARTS) is 1. The van der Waals surface area contributed by atoms with Crippen LogP contribution in [0.2, 0.25) is 0 Å². The van der Waals surface area contributed by atoms with Crippen molar-refractivity contribution in [1.82, 2.24) is 0 Å². The molecular weight excluding hydrogens is 252 g/mol. The van der Waals surface area contributed by atoms with E-state index in [0.717, 1.165) is 5.56 Å². The van der Waals surface area contributed by atoms with Gasteiger partial charge in [0.05, 0.1) is 5.92 Å². The second-order valence-electron chi connectivity index (χ2n) is 7.68. The topological polar surface area (TPSA) is 57.5 Å². The van der Waals surface area contributed by atoms with Crippen molar-refractivity contribution in [1.29, 1.82) is 0 Å². The van der Waals surface area contributed by atoms with Crippen LogP contribution in [0.4, 0.5) is 0 Å². The fourth-order valence-electron chi connectivity index (χ4n) is 2.24. The minimum atomic E-state index is -0.888. The van der Waals surface area contributed by atoms with Crippen molar-refractivity contribution >= 4 is 5.97 Å². The van der Waals surface area contributed by atoms with Crippen molar-refractivity contribution in [2.75, 3.05) is 0 Å². The monoisotopic (exact) mass is 278 g/mol. The maximum absolute atomic E-state index is 11.6. The van der Waals surface area contributed by atoms with E-state index in [4.69, 9.17) is 0 Å². The van der Waals surface area contributed by atoms with Crippen molar-refractivity contribution in [3.63, 3.8) is 0 Å². The lowest BCUT2D eigenvalue weighted by atomic mass is 9.79. The van der Waals surface area contributed by atoms with Crippen LogP contribution in [0.25, 0.3) is 0 Å². The van der Waals surface area contributed by atoms with Crippen LogP contribution < -0.4 is 0 Å². The Bertz CT molecular complexity index is 490. The van der Waals surface area contributed by atoms with Crippen LogP contribution >= 0.6 is 0 Å². The smallest absolute Gasteiger partial charge is 0.311 e. The number of carbonyl (C=O) groups is 1. The molecular formula is C17H26O3. The summed E-state index contributed by atoms with van der Waals surface area (Å²) in [4.78, 5) is 11.6. The molecule has 0 saturated heterocycles. The van der Waals surface area contributed by atoms with Crippen molar-refractivity contribution in [3.8, 4) is 5.75 Å². The Kier molecular flexibility index (Phi) is 4.52. The minimum Gasteiger partial charge on any atom is -0.508 e. The molecule has 0 amide bonds. The van der Waals surface area contributed by atoms with E-state index in [2.05, 4.69) is 20.8 Å². The second kappa shape index (κ2) is 5.47. The molecule has 1 atom stereocenters. The van der Waals surface area contributed by atoms with Gasteiger partial charge in [-0.25, -0.2) is 0 Å². The summed E-state index contributed by atoms with van der Waals surface area (Å²) >= 11 is 0.